The Morgan fingerprint density at radius 2 is 1.91 bits per heavy atom. The van der Waals surface area contributed by atoms with Crippen LogP contribution in [0.2, 0.25) is 0 Å². The van der Waals surface area contributed by atoms with Crippen LogP contribution in [-0.4, -0.2) is 5.54 Å². The average Bonchev–Trinajstić information content (AvgIpc) is 2.46. The summed E-state index contributed by atoms with van der Waals surface area (Å²) < 4.78 is 0. The normalized spacial score (nSPS) is 44.1. The predicted molar refractivity (Wildman–Crippen MR) is 93.3 cm³/mol. The number of nitrogens with zero attached hydrogens (tertiary/aromatic N) is 1. The van der Waals surface area contributed by atoms with E-state index in [9.17, 15) is 0 Å². The molecule has 22 heavy (non-hydrogen) atoms. The molecule has 0 saturated heterocycles. The van der Waals surface area contributed by atoms with Crippen LogP contribution in [0.4, 0.5) is 0 Å². The van der Waals surface area contributed by atoms with E-state index < -0.39 is 0 Å². The first-order valence-corrected chi connectivity index (χ1v) is 9.17. The van der Waals surface area contributed by atoms with E-state index in [-0.39, 0.29) is 5.54 Å². The highest BCUT2D eigenvalue weighted by molar-refractivity contribution is 5.40. The van der Waals surface area contributed by atoms with Gasteiger partial charge in [0.05, 0.1) is 5.92 Å². The van der Waals surface area contributed by atoms with E-state index in [2.05, 4.69) is 45.5 Å². The van der Waals surface area contributed by atoms with Gasteiger partial charge in [0.1, 0.15) is 0 Å². The summed E-state index contributed by atoms with van der Waals surface area (Å²) in [5.74, 6) is 3.25. The molecule has 0 aromatic heterocycles. The van der Waals surface area contributed by atoms with Gasteiger partial charge in [0, 0.05) is 12.3 Å². The van der Waals surface area contributed by atoms with E-state index in [1.807, 2.05) is 0 Å². The van der Waals surface area contributed by atoms with Gasteiger partial charge in [-0.2, -0.15) is 0 Å². The Morgan fingerprint density at radius 1 is 1.18 bits per heavy atom. The average molecular weight is 297 g/mol. The molecule has 120 valence electrons. The van der Waals surface area contributed by atoms with Crippen molar-refractivity contribution in [3.8, 4) is 0 Å². The number of rotatable bonds is 1. The van der Waals surface area contributed by atoms with Gasteiger partial charge in [-0.1, -0.05) is 38.0 Å². The van der Waals surface area contributed by atoms with Gasteiger partial charge in [0.2, 0.25) is 5.54 Å². The molecule has 0 bridgehead atoms. The van der Waals surface area contributed by atoms with Gasteiger partial charge < -0.3 is 4.85 Å². The largest absolute Gasteiger partial charge is 0.309 e. The molecule has 0 N–H and O–H groups in total. The second kappa shape index (κ2) is 5.55. The van der Waals surface area contributed by atoms with Crippen molar-refractivity contribution in [3.05, 3.63) is 34.2 Å². The summed E-state index contributed by atoms with van der Waals surface area (Å²) in [6.07, 6.45) is 8.58. The zero-order valence-corrected chi connectivity index (χ0v) is 14.9. The third kappa shape index (κ3) is 2.18. The van der Waals surface area contributed by atoms with Crippen molar-refractivity contribution in [2.75, 3.05) is 0 Å². The lowest BCUT2D eigenvalue weighted by Crippen LogP contribution is -2.55. The Balaban J connectivity index is 2.19. The maximum absolute atomic E-state index is 8.05. The summed E-state index contributed by atoms with van der Waals surface area (Å²) in [5.41, 5.74) is 4.57. The Morgan fingerprint density at radius 3 is 2.55 bits per heavy atom. The van der Waals surface area contributed by atoms with Crippen molar-refractivity contribution in [1.82, 2.24) is 0 Å². The van der Waals surface area contributed by atoms with E-state index in [1.165, 1.54) is 31.3 Å². The fourth-order valence-corrected chi connectivity index (χ4v) is 5.82. The van der Waals surface area contributed by atoms with Crippen LogP contribution in [-0.2, 0) is 0 Å². The van der Waals surface area contributed by atoms with E-state index >= 15 is 0 Å². The van der Waals surface area contributed by atoms with Gasteiger partial charge in [0.15, 0.2) is 0 Å². The lowest BCUT2D eigenvalue weighted by molar-refractivity contribution is 0.0419. The molecular weight excluding hydrogens is 266 g/mol. The summed E-state index contributed by atoms with van der Waals surface area (Å²) in [4.78, 5) is 4.34. The molecule has 5 unspecified atom stereocenters. The summed E-state index contributed by atoms with van der Waals surface area (Å²) in [6.45, 7) is 19.7. The minimum atomic E-state index is -0.0970. The SMILES string of the molecule is [C-]#[N+]C12CCC(C)C3=C(C=C(C)C)CC(C)C(CCC1C)[C@@H]32. The van der Waals surface area contributed by atoms with Gasteiger partial charge in [-0.25, -0.2) is 6.57 Å². The van der Waals surface area contributed by atoms with Crippen LogP contribution in [0, 0.1) is 36.2 Å². The smallest absolute Gasteiger partial charge is 0.241 e. The van der Waals surface area contributed by atoms with Crippen molar-refractivity contribution >= 4 is 0 Å². The maximum Gasteiger partial charge on any atom is 0.241 e. The van der Waals surface area contributed by atoms with Crippen molar-refractivity contribution in [1.29, 1.82) is 0 Å². The van der Waals surface area contributed by atoms with Crippen LogP contribution < -0.4 is 0 Å². The first-order chi connectivity index (χ1) is 10.4. The highest BCUT2D eigenvalue weighted by atomic mass is 14.9. The lowest BCUT2D eigenvalue weighted by Gasteiger charge is -2.54. The number of allylic oxidation sites excluding steroid dienone is 3. The second-order valence-electron chi connectivity index (χ2n) is 8.55. The highest BCUT2D eigenvalue weighted by Crippen LogP contribution is 2.60. The zero-order chi connectivity index (χ0) is 16.1. The Hall–Kier alpha value is -1.03. The monoisotopic (exact) mass is 297 g/mol. The van der Waals surface area contributed by atoms with Gasteiger partial charge >= 0.3 is 0 Å². The number of hydrogen-bond donors (Lipinski definition) is 0. The molecule has 1 nitrogen and oxygen atoms in total. The second-order valence-corrected chi connectivity index (χ2v) is 8.55. The van der Waals surface area contributed by atoms with Gasteiger partial charge in [-0.15, -0.1) is 0 Å². The summed E-state index contributed by atoms with van der Waals surface area (Å²) in [6, 6.07) is 0. The fraction of sp³-hybridized carbons (Fsp3) is 0.762. The predicted octanol–water partition coefficient (Wildman–Crippen LogP) is 6.04. The molecule has 0 amide bonds. The highest BCUT2D eigenvalue weighted by Gasteiger charge is 2.61. The van der Waals surface area contributed by atoms with E-state index in [0.717, 1.165) is 18.3 Å². The zero-order valence-electron chi connectivity index (χ0n) is 14.9. The van der Waals surface area contributed by atoms with Gasteiger partial charge in [0.25, 0.3) is 0 Å². The van der Waals surface area contributed by atoms with Gasteiger partial charge in [-0.3, -0.25) is 0 Å². The minimum absolute atomic E-state index is 0.0970. The third-order valence-electron chi connectivity index (χ3n) is 6.91. The van der Waals surface area contributed by atoms with Gasteiger partial charge in [-0.05, 0) is 62.9 Å². The maximum atomic E-state index is 8.05. The van der Waals surface area contributed by atoms with Crippen molar-refractivity contribution < 1.29 is 0 Å². The van der Waals surface area contributed by atoms with E-state index in [1.54, 1.807) is 11.1 Å². The molecule has 0 aliphatic heterocycles. The molecule has 3 aliphatic rings. The topological polar surface area (TPSA) is 4.36 Å². The molecule has 0 heterocycles. The first kappa shape index (κ1) is 15.9. The van der Waals surface area contributed by atoms with Crippen molar-refractivity contribution in [3.63, 3.8) is 0 Å². The standard InChI is InChI=1S/C21H31N/c1-13(2)11-17-12-15(4)18-8-7-16(5)21(22-6)10-9-14(3)19(17)20(18)21/h11,14-16,18,20H,7-10,12H2,1-5H3/t14?,15?,16?,18?,20-,21?/m0/s1. The molecule has 2 fully saturated rings. The molecule has 0 radical (unpaired) electrons. The number of hydrogen-bond acceptors (Lipinski definition) is 0. The molecule has 0 aromatic rings. The third-order valence-corrected chi connectivity index (χ3v) is 6.91. The van der Waals surface area contributed by atoms with Crippen LogP contribution in [0.15, 0.2) is 22.8 Å². The summed E-state index contributed by atoms with van der Waals surface area (Å²) >= 11 is 0. The minimum Gasteiger partial charge on any atom is -0.309 e. The van der Waals surface area contributed by atoms with Crippen LogP contribution in [0.5, 0.6) is 0 Å². The van der Waals surface area contributed by atoms with Crippen LogP contribution in [0.3, 0.4) is 0 Å². The summed E-state index contributed by atoms with van der Waals surface area (Å²) in [7, 11) is 0. The molecule has 3 rings (SSSR count). The molecule has 2 saturated carbocycles. The van der Waals surface area contributed by atoms with Crippen LogP contribution in [0.25, 0.3) is 4.85 Å². The molecule has 3 aliphatic carbocycles. The quantitative estimate of drug-likeness (QED) is 0.520. The fourth-order valence-electron chi connectivity index (χ4n) is 5.82. The molecule has 0 aromatic carbocycles. The Kier molecular flexibility index (Phi) is 4.00. The lowest BCUT2D eigenvalue weighted by atomic mass is 9.48. The molecule has 0 spiro atoms. The van der Waals surface area contributed by atoms with E-state index in [4.69, 9.17) is 6.57 Å². The van der Waals surface area contributed by atoms with Crippen LogP contribution >= 0.6 is 0 Å². The summed E-state index contributed by atoms with van der Waals surface area (Å²) in [5, 5.41) is 0. The van der Waals surface area contributed by atoms with Crippen molar-refractivity contribution in [2.24, 2.45) is 29.6 Å². The first-order valence-electron chi connectivity index (χ1n) is 9.17. The van der Waals surface area contributed by atoms with Crippen LogP contribution in [0.1, 0.15) is 66.7 Å². The molecule has 1 heteroatoms. The molecule has 6 atom stereocenters. The van der Waals surface area contributed by atoms with Crippen molar-refractivity contribution in [2.45, 2.75) is 72.3 Å². The van der Waals surface area contributed by atoms with E-state index in [0.29, 0.717) is 17.8 Å². The Labute approximate surface area is 136 Å². The molecular formula is C21H31N. The Bertz CT molecular complexity index is 557.